The minimum atomic E-state index is -0.919. The summed E-state index contributed by atoms with van der Waals surface area (Å²) < 4.78 is 11.4. The Balaban J connectivity index is 2.25. The number of rotatable bonds is 8. The van der Waals surface area contributed by atoms with Crippen LogP contribution in [-0.2, 0) is 14.3 Å². The van der Waals surface area contributed by atoms with Gasteiger partial charge in [0.25, 0.3) is 0 Å². The summed E-state index contributed by atoms with van der Waals surface area (Å²) in [6.45, 7) is 0. The summed E-state index contributed by atoms with van der Waals surface area (Å²) in [5.41, 5.74) is -1.26. The Hall–Kier alpha value is -1.11. The highest BCUT2D eigenvalue weighted by Gasteiger charge is 2.39. The predicted molar refractivity (Wildman–Crippen MR) is 95.4 cm³/mol. The minimum absolute atomic E-state index is 0.236. The molecule has 3 unspecified atom stereocenters. The van der Waals surface area contributed by atoms with E-state index < -0.39 is 5.53 Å². The second kappa shape index (κ2) is 8.50. The third-order valence-electron chi connectivity index (χ3n) is 3.34. The van der Waals surface area contributed by atoms with Crippen LogP contribution in [0.15, 0.2) is 60.7 Å². The maximum absolute atomic E-state index is 11.7. The number of hydrogen-bond acceptors (Lipinski definition) is 3. The minimum Gasteiger partial charge on any atom is -0.349 e. The SMILES string of the molecule is COC(OC)(Pc1ccccc1)C(C=O)Pc1ccccc1. The fourth-order valence-electron chi connectivity index (χ4n) is 2.17. The number of methoxy groups -OCH3 is 2. The van der Waals surface area contributed by atoms with Crippen LogP contribution in [0.3, 0.4) is 0 Å². The van der Waals surface area contributed by atoms with Gasteiger partial charge in [-0.05, 0) is 19.2 Å². The summed E-state index contributed by atoms with van der Waals surface area (Å²) in [5, 5.41) is 2.23. The Morgan fingerprint density at radius 2 is 1.41 bits per heavy atom. The number of aldehydes is 1. The molecule has 0 saturated carbocycles. The molecule has 0 fully saturated rings. The van der Waals surface area contributed by atoms with Crippen molar-refractivity contribution >= 4 is 34.1 Å². The standard InChI is InChI=1S/C17H20O3P2/c1-19-17(20-2,22-15-11-7-4-8-12-15)16(13-18)21-14-9-5-3-6-10-14/h3-13,16,21-22H,1-2H3. The average molecular weight is 334 g/mol. The Labute approximate surface area is 135 Å². The van der Waals surface area contributed by atoms with Gasteiger partial charge in [-0.1, -0.05) is 69.2 Å². The topological polar surface area (TPSA) is 35.5 Å². The van der Waals surface area contributed by atoms with Crippen LogP contribution < -0.4 is 10.6 Å². The normalized spacial score (nSPS) is 13.9. The lowest BCUT2D eigenvalue weighted by atomic mass is 10.4. The molecular formula is C17H20O3P2. The van der Waals surface area contributed by atoms with E-state index in [1.165, 1.54) is 0 Å². The van der Waals surface area contributed by atoms with Gasteiger partial charge in [0.2, 0.25) is 5.53 Å². The van der Waals surface area contributed by atoms with Gasteiger partial charge < -0.3 is 14.3 Å². The molecule has 22 heavy (non-hydrogen) atoms. The Morgan fingerprint density at radius 3 is 1.86 bits per heavy atom. The molecule has 0 bridgehead atoms. The number of benzene rings is 2. The van der Waals surface area contributed by atoms with E-state index in [4.69, 9.17) is 9.47 Å². The molecule has 0 heterocycles. The summed E-state index contributed by atoms with van der Waals surface area (Å²) in [6, 6.07) is 20.0. The van der Waals surface area contributed by atoms with Crippen LogP contribution in [0.5, 0.6) is 0 Å². The highest BCUT2D eigenvalue weighted by atomic mass is 31.1. The summed E-state index contributed by atoms with van der Waals surface area (Å²) in [5.74, 6) is 0. The molecule has 0 radical (unpaired) electrons. The molecule has 0 aliphatic heterocycles. The predicted octanol–water partition coefficient (Wildman–Crippen LogP) is 2.51. The average Bonchev–Trinajstić information content (AvgIpc) is 2.59. The van der Waals surface area contributed by atoms with E-state index >= 15 is 0 Å². The molecule has 0 aromatic heterocycles. The van der Waals surface area contributed by atoms with Crippen molar-refractivity contribution in [2.75, 3.05) is 14.2 Å². The van der Waals surface area contributed by atoms with Crippen molar-refractivity contribution in [3.8, 4) is 0 Å². The van der Waals surface area contributed by atoms with Crippen molar-refractivity contribution in [1.29, 1.82) is 0 Å². The van der Waals surface area contributed by atoms with Crippen molar-refractivity contribution in [3.05, 3.63) is 60.7 Å². The lowest BCUT2D eigenvalue weighted by Gasteiger charge is -2.35. The van der Waals surface area contributed by atoms with Crippen molar-refractivity contribution in [1.82, 2.24) is 0 Å². The molecule has 0 aliphatic carbocycles. The maximum Gasteiger partial charge on any atom is 0.201 e. The van der Waals surface area contributed by atoms with Crippen LogP contribution >= 0.6 is 17.2 Å². The van der Waals surface area contributed by atoms with E-state index in [2.05, 4.69) is 0 Å². The quantitative estimate of drug-likeness (QED) is 0.423. The number of hydrogen-bond donors (Lipinski definition) is 0. The largest absolute Gasteiger partial charge is 0.349 e. The first-order valence-corrected chi connectivity index (χ1v) is 9.02. The van der Waals surface area contributed by atoms with Gasteiger partial charge in [0.05, 0.1) is 5.66 Å². The summed E-state index contributed by atoms with van der Waals surface area (Å²) >= 11 is 0. The number of ether oxygens (including phenoxy) is 2. The maximum atomic E-state index is 11.7. The zero-order valence-corrected chi connectivity index (χ0v) is 14.7. The number of carbonyl (C=O) groups is 1. The molecule has 3 nitrogen and oxygen atoms in total. The molecule has 0 spiro atoms. The van der Waals surface area contributed by atoms with E-state index in [-0.39, 0.29) is 14.2 Å². The van der Waals surface area contributed by atoms with Gasteiger partial charge in [0, 0.05) is 14.2 Å². The monoisotopic (exact) mass is 334 g/mol. The van der Waals surface area contributed by atoms with Crippen molar-refractivity contribution in [2.24, 2.45) is 0 Å². The second-order valence-electron chi connectivity index (χ2n) is 4.69. The van der Waals surface area contributed by atoms with E-state index in [1.807, 2.05) is 60.7 Å². The van der Waals surface area contributed by atoms with Gasteiger partial charge in [0.1, 0.15) is 6.29 Å². The Bertz CT molecular complexity index is 571. The van der Waals surface area contributed by atoms with E-state index in [9.17, 15) is 4.79 Å². The van der Waals surface area contributed by atoms with Crippen LogP contribution in [0.25, 0.3) is 0 Å². The van der Waals surface area contributed by atoms with Crippen LogP contribution in [-0.4, -0.2) is 31.7 Å². The molecule has 2 aromatic carbocycles. The Morgan fingerprint density at radius 1 is 0.909 bits per heavy atom. The number of carbonyl (C=O) groups excluding carboxylic acids is 1. The first-order valence-electron chi connectivity index (χ1n) is 6.94. The lowest BCUT2D eigenvalue weighted by Crippen LogP contribution is -2.42. The summed E-state index contributed by atoms with van der Waals surface area (Å²) in [7, 11) is 3.74. The molecule has 0 N–H and O–H groups in total. The van der Waals surface area contributed by atoms with Crippen molar-refractivity contribution < 1.29 is 14.3 Å². The van der Waals surface area contributed by atoms with Crippen LogP contribution in [0, 0.1) is 0 Å². The molecule has 0 amide bonds. The van der Waals surface area contributed by atoms with Gasteiger partial charge in [-0.15, -0.1) is 0 Å². The highest BCUT2D eigenvalue weighted by molar-refractivity contribution is 7.53. The zero-order chi connectivity index (χ0) is 15.8. The second-order valence-corrected chi connectivity index (χ2v) is 7.70. The first kappa shape index (κ1) is 17.2. The Kier molecular flexibility index (Phi) is 6.67. The lowest BCUT2D eigenvalue weighted by molar-refractivity contribution is -0.144. The summed E-state index contributed by atoms with van der Waals surface area (Å²) in [4.78, 5) is 11.7. The fraction of sp³-hybridized carbons (Fsp3) is 0.235. The molecule has 116 valence electrons. The van der Waals surface area contributed by atoms with E-state index in [1.54, 1.807) is 14.2 Å². The first-order chi connectivity index (χ1) is 10.7. The van der Waals surface area contributed by atoms with Crippen LogP contribution in [0.1, 0.15) is 0 Å². The smallest absolute Gasteiger partial charge is 0.201 e. The van der Waals surface area contributed by atoms with Gasteiger partial charge in [-0.25, -0.2) is 0 Å². The molecule has 5 heteroatoms. The van der Waals surface area contributed by atoms with Gasteiger partial charge in [-0.2, -0.15) is 0 Å². The van der Waals surface area contributed by atoms with Gasteiger partial charge in [0.15, 0.2) is 0 Å². The van der Waals surface area contributed by atoms with E-state index in [0.29, 0.717) is 8.58 Å². The zero-order valence-electron chi connectivity index (χ0n) is 12.7. The third-order valence-corrected chi connectivity index (χ3v) is 6.81. The van der Waals surface area contributed by atoms with Gasteiger partial charge >= 0.3 is 0 Å². The van der Waals surface area contributed by atoms with Crippen molar-refractivity contribution in [2.45, 2.75) is 11.2 Å². The third kappa shape index (κ3) is 4.21. The van der Waals surface area contributed by atoms with Gasteiger partial charge in [-0.3, -0.25) is 0 Å². The molecule has 0 saturated heterocycles. The molecule has 0 aliphatic rings. The molecule has 2 aromatic rings. The molecule has 3 atom stereocenters. The molecule has 2 rings (SSSR count). The highest BCUT2D eigenvalue weighted by Crippen LogP contribution is 2.42. The van der Waals surface area contributed by atoms with Crippen LogP contribution in [0.2, 0.25) is 0 Å². The van der Waals surface area contributed by atoms with E-state index in [0.717, 1.165) is 16.9 Å². The fourth-order valence-corrected chi connectivity index (χ4v) is 5.03. The summed E-state index contributed by atoms with van der Waals surface area (Å²) in [6.07, 6.45) is 0.953. The van der Waals surface area contributed by atoms with Crippen LogP contribution in [0.4, 0.5) is 0 Å². The molecular weight excluding hydrogens is 314 g/mol. The van der Waals surface area contributed by atoms with Crippen molar-refractivity contribution in [3.63, 3.8) is 0 Å².